The first-order valence-electron chi connectivity index (χ1n) is 10.9. The molecule has 32 heavy (non-hydrogen) atoms. The maximum absolute atomic E-state index is 13.4. The van der Waals surface area contributed by atoms with Crippen molar-refractivity contribution < 1.29 is 13.9 Å². The molecule has 1 heterocycles. The molecule has 0 unspecified atom stereocenters. The van der Waals surface area contributed by atoms with Crippen LogP contribution in [0.2, 0.25) is 5.02 Å². The van der Waals surface area contributed by atoms with Crippen LogP contribution in [0.15, 0.2) is 71.1 Å². The van der Waals surface area contributed by atoms with Gasteiger partial charge in [0, 0.05) is 31.8 Å². The number of furan rings is 1. The molecule has 0 saturated carbocycles. The van der Waals surface area contributed by atoms with E-state index in [4.69, 9.17) is 20.8 Å². The second-order valence-corrected chi connectivity index (χ2v) is 8.33. The summed E-state index contributed by atoms with van der Waals surface area (Å²) in [5, 5.41) is 0.693. The van der Waals surface area contributed by atoms with Gasteiger partial charge in [-0.1, -0.05) is 54.1 Å². The van der Waals surface area contributed by atoms with Gasteiger partial charge in [0.15, 0.2) is 0 Å². The number of hydrogen-bond acceptors (Lipinski definition) is 4. The highest BCUT2D eigenvalue weighted by molar-refractivity contribution is 6.30. The summed E-state index contributed by atoms with van der Waals surface area (Å²) in [5.74, 6) is 1.70. The Balaban J connectivity index is 1.70. The Morgan fingerprint density at radius 3 is 2.44 bits per heavy atom. The highest BCUT2D eigenvalue weighted by atomic mass is 35.5. The molecule has 0 fully saturated rings. The zero-order valence-corrected chi connectivity index (χ0v) is 19.6. The molecule has 0 aliphatic rings. The molecule has 1 aromatic heterocycles. The summed E-state index contributed by atoms with van der Waals surface area (Å²) in [6.45, 7) is 5.12. The normalized spacial score (nSPS) is 11.1. The van der Waals surface area contributed by atoms with Crippen LogP contribution in [0, 0.1) is 6.92 Å². The molecule has 0 aliphatic heterocycles. The number of methoxy groups -OCH3 is 1. The predicted molar refractivity (Wildman–Crippen MR) is 128 cm³/mol. The number of aryl methyl sites for hydroxylation is 1. The molecule has 0 radical (unpaired) electrons. The van der Waals surface area contributed by atoms with E-state index in [9.17, 15) is 4.79 Å². The molecule has 0 saturated heterocycles. The highest BCUT2D eigenvalue weighted by Crippen LogP contribution is 2.15. The lowest BCUT2D eigenvalue weighted by Crippen LogP contribution is -2.41. The fraction of sp³-hybridized carbons (Fsp3) is 0.346. The molecule has 6 heteroatoms. The van der Waals surface area contributed by atoms with Gasteiger partial charge in [0.2, 0.25) is 5.91 Å². The molecule has 3 aromatic rings. The maximum atomic E-state index is 13.4. The molecule has 0 atom stereocenters. The third-order valence-electron chi connectivity index (χ3n) is 5.27. The van der Waals surface area contributed by atoms with E-state index in [2.05, 4.69) is 17.0 Å². The van der Waals surface area contributed by atoms with Gasteiger partial charge in [-0.15, -0.1) is 0 Å². The van der Waals surface area contributed by atoms with Crippen molar-refractivity contribution in [2.45, 2.75) is 26.4 Å². The van der Waals surface area contributed by atoms with Crippen LogP contribution >= 0.6 is 11.6 Å². The van der Waals surface area contributed by atoms with Gasteiger partial charge in [-0.25, -0.2) is 0 Å². The van der Waals surface area contributed by atoms with Crippen molar-refractivity contribution in [2.24, 2.45) is 0 Å². The first kappa shape index (κ1) is 24.1. The number of amides is 1. The molecule has 0 spiro atoms. The van der Waals surface area contributed by atoms with E-state index in [0.717, 1.165) is 23.5 Å². The first-order valence-corrected chi connectivity index (χ1v) is 11.2. The third-order valence-corrected chi connectivity index (χ3v) is 5.51. The van der Waals surface area contributed by atoms with E-state index < -0.39 is 0 Å². The lowest BCUT2D eigenvalue weighted by molar-refractivity contribution is -0.133. The number of halogens is 1. The van der Waals surface area contributed by atoms with Gasteiger partial charge in [0.25, 0.3) is 0 Å². The van der Waals surface area contributed by atoms with Gasteiger partial charge >= 0.3 is 0 Å². The van der Waals surface area contributed by atoms with Crippen molar-refractivity contribution in [3.05, 3.63) is 94.4 Å². The van der Waals surface area contributed by atoms with Crippen molar-refractivity contribution in [1.29, 1.82) is 0 Å². The van der Waals surface area contributed by atoms with Crippen molar-refractivity contribution in [2.75, 3.05) is 33.4 Å². The molecule has 1 amide bonds. The highest BCUT2D eigenvalue weighted by Gasteiger charge is 2.19. The Bertz CT molecular complexity index is 974. The van der Waals surface area contributed by atoms with E-state index in [0.29, 0.717) is 44.4 Å². The Hall–Kier alpha value is -2.60. The van der Waals surface area contributed by atoms with Crippen LogP contribution in [0.25, 0.3) is 0 Å². The summed E-state index contributed by atoms with van der Waals surface area (Å²) < 4.78 is 11.0. The van der Waals surface area contributed by atoms with Crippen molar-refractivity contribution in [1.82, 2.24) is 9.80 Å². The van der Waals surface area contributed by atoms with Gasteiger partial charge in [-0.05, 0) is 48.7 Å². The van der Waals surface area contributed by atoms with Crippen LogP contribution in [0.1, 0.15) is 22.6 Å². The van der Waals surface area contributed by atoms with E-state index >= 15 is 0 Å². The SMILES string of the molecule is COCCN(CC(=O)N(CCc1ccccc1)Cc1ccc(C)o1)Cc1cccc(Cl)c1. The van der Waals surface area contributed by atoms with Crippen LogP contribution in [-0.4, -0.2) is 49.1 Å². The van der Waals surface area contributed by atoms with Crippen LogP contribution < -0.4 is 0 Å². The fourth-order valence-electron chi connectivity index (χ4n) is 3.58. The average molecular weight is 455 g/mol. The summed E-state index contributed by atoms with van der Waals surface area (Å²) in [6.07, 6.45) is 0.790. The van der Waals surface area contributed by atoms with Crippen LogP contribution in [0.5, 0.6) is 0 Å². The van der Waals surface area contributed by atoms with Crippen LogP contribution in [-0.2, 0) is 29.0 Å². The second kappa shape index (κ2) is 12.4. The van der Waals surface area contributed by atoms with E-state index in [1.54, 1.807) is 7.11 Å². The molecule has 0 bridgehead atoms. The predicted octanol–water partition coefficient (Wildman–Crippen LogP) is 4.96. The molecule has 3 rings (SSSR count). The molecule has 0 aliphatic carbocycles. The summed E-state index contributed by atoms with van der Waals surface area (Å²) in [6, 6.07) is 21.8. The average Bonchev–Trinajstić information content (AvgIpc) is 3.20. The number of benzene rings is 2. The van der Waals surface area contributed by atoms with Gasteiger partial charge in [-0.3, -0.25) is 9.69 Å². The standard InChI is InChI=1S/C26H31ClN2O3/c1-21-11-12-25(32-21)19-29(14-13-22-7-4-3-5-8-22)26(30)20-28(15-16-31-2)18-23-9-6-10-24(27)17-23/h3-12,17H,13-16,18-20H2,1-2H3. The molecule has 5 nitrogen and oxygen atoms in total. The number of carbonyl (C=O) groups is 1. The minimum atomic E-state index is 0.0631. The largest absolute Gasteiger partial charge is 0.464 e. The van der Waals surface area contributed by atoms with Crippen molar-refractivity contribution >= 4 is 17.5 Å². The molecule has 170 valence electrons. The summed E-state index contributed by atoms with van der Waals surface area (Å²) in [5.41, 5.74) is 2.27. The van der Waals surface area contributed by atoms with Gasteiger partial charge in [0.1, 0.15) is 11.5 Å². The monoisotopic (exact) mass is 454 g/mol. The Morgan fingerprint density at radius 2 is 1.75 bits per heavy atom. The number of hydrogen-bond donors (Lipinski definition) is 0. The molecule has 0 N–H and O–H groups in total. The van der Waals surface area contributed by atoms with E-state index in [-0.39, 0.29) is 5.91 Å². The zero-order chi connectivity index (χ0) is 22.8. The summed E-state index contributed by atoms with van der Waals surface area (Å²) >= 11 is 6.15. The number of nitrogens with zero attached hydrogens (tertiary/aromatic N) is 2. The minimum absolute atomic E-state index is 0.0631. The number of rotatable bonds is 12. The van der Waals surface area contributed by atoms with Crippen LogP contribution in [0.3, 0.4) is 0 Å². The number of carbonyl (C=O) groups excluding carboxylic acids is 1. The molecular formula is C26H31ClN2O3. The van der Waals surface area contributed by atoms with E-state index in [1.807, 2.05) is 66.4 Å². The zero-order valence-electron chi connectivity index (χ0n) is 18.8. The number of ether oxygens (including phenoxy) is 1. The van der Waals surface area contributed by atoms with Crippen LogP contribution in [0.4, 0.5) is 0 Å². The summed E-state index contributed by atoms with van der Waals surface area (Å²) in [4.78, 5) is 17.4. The van der Waals surface area contributed by atoms with Gasteiger partial charge in [0.05, 0.1) is 19.7 Å². The quantitative estimate of drug-likeness (QED) is 0.388. The van der Waals surface area contributed by atoms with Crippen molar-refractivity contribution in [3.8, 4) is 0 Å². The first-order chi connectivity index (χ1) is 15.5. The topological polar surface area (TPSA) is 45.9 Å². The summed E-state index contributed by atoms with van der Waals surface area (Å²) in [7, 11) is 1.67. The Kier molecular flexibility index (Phi) is 9.35. The fourth-order valence-corrected chi connectivity index (χ4v) is 3.79. The molecule has 2 aromatic carbocycles. The third kappa shape index (κ3) is 7.83. The van der Waals surface area contributed by atoms with Crippen molar-refractivity contribution in [3.63, 3.8) is 0 Å². The molecular weight excluding hydrogens is 424 g/mol. The lowest BCUT2D eigenvalue weighted by Gasteiger charge is -2.27. The Morgan fingerprint density at radius 1 is 0.969 bits per heavy atom. The minimum Gasteiger partial charge on any atom is -0.464 e. The second-order valence-electron chi connectivity index (χ2n) is 7.90. The smallest absolute Gasteiger partial charge is 0.237 e. The lowest BCUT2D eigenvalue weighted by atomic mass is 10.1. The Labute approximate surface area is 195 Å². The van der Waals surface area contributed by atoms with Gasteiger partial charge < -0.3 is 14.1 Å². The maximum Gasteiger partial charge on any atom is 0.237 e. The van der Waals surface area contributed by atoms with E-state index in [1.165, 1.54) is 5.56 Å². The van der Waals surface area contributed by atoms with Gasteiger partial charge in [-0.2, -0.15) is 0 Å².